The summed E-state index contributed by atoms with van der Waals surface area (Å²) in [6.07, 6.45) is 0. The van der Waals surface area contributed by atoms with Gasteiger partial charge in [-0.15, -0.1) is 0 Å². The third kappa shape index (κ3) is 1.69. The average Bonchev–Trinajstić information content (AvgIpc) is 2.80. The van der Waals surface area contributed by atoms with Crippen molar-refractivity contribution in [1.29, 1.82) is 0 Å². The number of rotatable bonds is 1. The van der Waals surface area contributed by atoms with Crippen molar-refractivity contribution in [2.24, 2.45) is 0 Å². The first-order valence-corrected chi connectivity index (χ1v) is 7.39. The number of carbonyl (C=O) groups excluding carboxylic acids is 1. The van der Waals surface area contributed by atoms with E-state index in [0.29, 0.717) is 33.4 Å². The first-order valence-electron chi connectivity index (χ1n) is 6.59. The fourth-order valence-electron chi connectivity index (χ4n) is 2.75. The molecule has 0 aliphatic heterocycles. The third-order valence-electron chi connectivity index (χ3n) is 3.80. The van der Waals surface area contributed by atoms with Gasteiger partial charge in [-0.1, -0.05) is 22.0 Å². The molecule has 0 saturated carbocycles. The van der Waals surface area contributed by atoms with Crippen LogP contribution in [0.4, 0.5) is 0 Å². The zero-order valence-corrected chi connectivity index (χ0v) is 13.1. The first kappa shape index (κ1) is 13.3. The minimum Gasteiger partial charge on any atom is -0.497 e. The van der Waals surface area contributed by atoms with Crippen LogP contribution in [0.3, 0.4) is 0 Å². The number of hydrogen-bond donors (Lipinski definition) is 0. The fourth-order valence-corrected chi connectivity index (χ4v) is 3.11. The molecule has 1 aliphatic carbocycles. The Morgan fingerprint density at radius 1 is 1.05 bits per heavy atom. The van der Waals surface area contributed by atoms with Crippen molar-refractivity contribution >= 4 is 32.7 Å². The van der Waals surface area contributed by atoms with Crippen molar-refractivity contribution in [3.63, 3.8) is 0 Å². The van der Waals surface area contributed by atoms with Gasteiger partial charge >= 0.3 is 0 Å². The molecule has 0 fully saturated rings. The van der Waals surface area contributed by atoms with Crippen LogP contribution in [0.25, 0.3) is 22.1 Å². The lowest BCUT2D eigenvalue weighted by molar-refractivity contribution is 0.102. The lowest BCUT2D eigenvalue weighted by Gasteiger charge is -2.04. The molecular formula is C17H9BrO4. The quantitative estimate of drug-likeness (QED) is 0.520. The Bertz CT molecular complexity index is 1020. The SMILES string of the molecule is COc1ccc2c(=O)c3c(oc2c1)C(=O)c1cc(Br)ccc1-3. The van der Waals surface area contributed by atoms with Gasteiger partial charge in [0.05, 0.1) is 18.1 Å². The van der Waals surface area contributed by atoms with Crippen LogP contribution in [0.1, 0.15) is 16.1 Å². The molecule has 1 heterocycles. The maximum atomic E-state index is 12.7. The zero-order valence-electron chi connectivity index (χ0n) is 11.5. The van der Waals surface area contributed by atoms with Crippen LogP contribution in [0.15, 0.2) is 50.1 Å². The van der Waals surface area contributed by atoms with E-state index in [2.05, 4.69) is 15.9 Å². The molecular weight excluding hydrogens is 348 g/mol. The second-order valence-corrected chi connectivity index (χ2v) is 5.93. The molecule has 0 spiro atoms. The Morgan fingerprint density at radius 2 is 1.86 bits per heavy atom. The third-order valence-corrected chi connectivity index (χ3v) is 4.29. The highest BCUT2D eigenvalue weighted by atomic mass is 79.9. The number of ketones is 1. The van der Waals surface area contributed by atoms with Gasteiger partial charge in [0, 0.05) is 21.7 Å². The average molecular weight is 357 g/mol. The standard InChI is InChI=1S/C17H9BrO4/c1-21-9-3-5-11-13(7-9)22-17-14(15(11)19)10-4-2-8(18)6-12(10)16(17)20/h2-7H,1H3. The van der Waals surface area contributed by atoms with Crippen molar-refractivity contribution in [3.8, 4) is 16.9 Å². The van der Waals surface area contributed by atoms with E-state index in [4.69, 9.17) is 9.15 Å². The van der Waals surface area contributed by atoms with E-state index in [1.807, 2.05) is 0 Å². The summed E-state index contributed by atoms with van der Waals surface area (Å²) in [7, 11) is 1.53. The van der Waals surface area contributed by atoms with Crippen LogP contribution in [0, 0.1) is 0 Å². The summed E-state index contributed by atoms with van der Waals surface area (Å²) in [5.41, 5.74) is 1.59. The highest BCUT2D eigenvalue weighted by Gasteiger charge is 2.32. The zero-order chi connectivity index (χ0) is 15.4. The Balaban J connectivity index is 2.11. The fraction of sp³-hybridized carbons (Fsp3) is 0.0588. The smallest absolute Gasteiger partial charge is 0.229 e. The lowest BCUT2D eigenvalue weighted by atomic mass is 10.1. The summed E-state index contributed by atoms with van der Waals surface area (Å²) >= 11 is 3.34. The Kier molecular flexibility index (Phi) is 2.74. The maximum Gasteiger partial charge on any atom is 0.229 e. The summed E-state index contributed by atoms with van der Waals surface area (Å²) in [4.78, 5) is 25.3. The van der Waals surface area contributed by atoms with Crippen molar-refractivity contribution in [2.45, 2.75) is 0 Å². The van der Waals surface area contributed by atoms with Crippen LogP contribution >= 0.6 is 15.9 Å². The molecule has 0 saturated heterocycles. The molecule has 108 valence electrons. The maximum absolute atomic E-state index is 12.7. The van der Waals surface area contributed by atoms with E-state index < -0.39 is 0 Å². The van der Waals surface area contributed by atoms with Crippen LogP contribution in [-0.4, -0.2) is 12.9 Å². The predicted octanol–water partition coefficient (Wildman–Crippen LogP) is 3.78. The monoisotopic (exact) mass is 356 g/mol. The molecule has 2 aromatic carbocycles. The molecule has 4 nitrogen and oxygen atoms in total. The molecule has 4 rings (SSSR count). The van der Waals surface area contributed by atoms with Crippen LogP contribution < -0.4 is 10.2 Å². The number of halogens is 1. The lowest BCUT2D eigenvalue weighted by Crippen LogP contribution is -2.07. The van der Waals surface area contributed by atoms with Gasteiger partial charge in [-0.2, -0.15) is 0 Å². The van der Waals surface area contributed by atoms with Crippen molar-refractivity contribution in [3.05, 3.63) is 62.4 Å². The number of hydrogen-bond acceptors (Lipinski definition) is 4. The summed E-state index contributed by atoms with van der Waals surface area (Å²) in [5, 5.41) is 0.433. The normalized spacial score (nSPS) is 12.4. The minimum atomic E-state index is -0.270. The van der Waals surface area contributed by atoms with E-state index in [1.54, 1.807) is 36.4 Å². The van der Waals surface area contributed by atoms with Crippen LogP contribution in [-0.2, 0) is 0 Å². The topological polar surface area (TPSA) is 56.5 Å². The molecule has 0 unspecified atom stereocenters. The van der Waals surface area contributed by atoms with E-state index in [1.165, 1.54) is 7.11 Å². The molecule has 0 atom stereocenters. The van der Waals surface area contributed by atoms with Crippen LogP contribution in [0.5, 0.6) is 5.75 Å². The molecule has 1 aliphatic rings. The predicted molar refractivity (Wildman–Crippen MR) is 85.6 cm³/mol. The number of ether oxygens (including phenoxy) is 1. The van der Waals surface area contributed by atoms with E-state index in [0.717, 1.165) is 4.47 Å². The molecule has 1 aromatic heterocycles. The van der Waals surface area contributed by atoms with Gasteiger partial charge in [-0.05, 0) is 24.3 Å². The number of benzene rings is 2. The Morgan fingerprint density at radius 3 is 2.64 bits per heavy atom. The number of fused-ring (bicyclic) bond motifs is 4. The number of carbonyl (C=O) groups is 1. The second kappa shape index (κ2) is 4.55. The molecule has 0 amide bonds. The van der Waals surface area contributed by atoms with Gasteiger partial charge in [-0.25, -0.2) is 0 Å². The molecule has 0 N–H and O–H groups in total. The largest absolute Gasteiger partial charge is 0.497 e. The first-order chi connectivity index (χ1) is 10.6. The van der Waals surface area contributed by atoms with E-state index in [9.17, 15) is 9.59 Å². The van der Waals surface area contributed by atoms with Crippen molar-refractivity contribution in [1.82, 2.24) is 0 Å². The summed E-state index contributed by atoms with van der Waals surface area (Å²) in [6.45, 7) is 0. The summed E-state index contributed by atoms with van der Waals surface area (Å²) in [6, 6.07) is 10.2. The molecule has 5 heteroatoms. The summed E-state index contributed by atoms with van der Waals surface area (Å²) in [5.74, 6) is 0.397. The minimum absolute atomic E-state index is 0.0962. The second-order valence-electron chi connectivity index (χ2n) is 5.02. The van der Waals surface area contributed by atoms with Crippen LogP contribution in [0.2, 0.25) is 0 Å². The van der Waals surface area contributed by atoms with Gasteiger partial charge in [0.2, 0.25) is 11.2 Å². The van der Waals surface area contributed by atoms with Crippen molar-refractivity contribution in [2.75, 3.05) is 7.11 Å². The Hall–Kier alpha value is -2.40. The molecule has 22 heavy (non-hydrogen) atoms. The highest BCUT2D eigenvalue weighted by molar-refractivity contribution is 9.10. The molecule has 3 aromatic rings. The van der Waals surface area contributed by atoms with Gasteiger partial charge in [0.25, 0.3) is 0 Å². The molecule has 0 bridgehead atoms. The highest BCUT2D eigenvalue weighted by Crippen LogP contribution is 2.37. The Labute approximate surface area is 133 Å². The van der Waals surface area contributed by atoms with Gasteiger partial charge < -0.3 is 9.15 Å². The molecule has 0 radical (unpaired) electrons. The van der Waals surface area contributed by atoms with E-state index >= 15 is 0 Å². The number of methoxy groups -OCH3 is 1. The van der Waals surface area contributed by atoms with Crippen molar-refractivity contribution < 1.29 is 13.9 Å². The van der Waals surface area contributed by atoms with Gasteiger partial charge in [-0.3, -0.25) is 9.59 Å². The van der Waals surface area contributed by atoms with E-state index in [-0.39, 0.29) is 17.0 Å². The van der Waals surface area contributed by atoms with Gasteiger partial charge in [0.1, 0.15) is 11.3 Å². The van der Waals surface area contributed by atoms with Gasteiger partial charge in [0.15, 0.2) is 5.76 Å². The summed E-state index contributed by atoms with van der Waals surface area (Å²) < 4.78 is 11.6.